The van der Waals surface area contributed by atoms with Gasteiger partial charge in [-0.15, -0.1) is 0 Å². The highest BCUT2D eigenvalue weighted by Gasteiger charge is 2.06. The van der Waals surface area contributed by atoms with E-state index in [2.05, 4.69) is 19.9 Å². The highest BCUT2D eigenvalue weighted by molar-refractivity contribution is 5.96. The van der Waals surface area contributed by atoms with Crippen LogP contribution in [0.15, 0.2) is 24.3 Å². The van der Waals surface area contributed by atoms with Crippen molar-refractivity contribution in [3.8, 4) is 0 Å². The molecule has 94 valence electrons. The molecule has 0 saturated heterocycles. The molecular formula is C15H23NO. The highest BCUT2D eigenvalue weighted by atomic mass is 16.1. The first-order valence-corrected chi connectivity index (χ1v) is 6.45. The summed E-state index contributed by atoms with van der Waals surface area (Å²) >= 11 is 0. The molecule has 0 saturated carbocycles. The van der Waals surface area contributed by atoms with Gasteiger partial charge < -0.3 is 5.73 Å². The van der Waals surface area contributed by atoms with E-state index in [9.17, 15) is 4.79 Å². The summed E-state index contributed by atoms with van der Waals surface area (Å²) in [5.41, 5.74) is 7.52. The van der Waals surface area contributed by atoms with Gasteiger partial charge in [0, 0.05) is 12.0 Å². The smallest absolute Gasteiger partial charge is 0.162 e. The second-order valence-corrected chi connectivity index (χ2v) is 4.97. The van der Waals surface area contributed by atoms with Crippen molar-refractivity contribution in [1.82, 2.24) is 0 Å². The molecule has 2 nitrogen and oxygen atoms in total. The van der Waals surface area contributed by atoms with Crippen LogP contribution >= 0.6 is 0 Å². The van der Waals surface area contributed by atoms with Gasteiger partial charge in [-0.2, -0.15) is 0 Å². The number of benzene rings is 1. The Hall–Kier alpha value is -1.15. The SMILES string of the molecule is CC(C)Cc1cccc(C(=O)CCCCN)c1. The van der Waals surface area contributed by atoms with Crippen LogP contribution in [0, 0.1) is 5.92 Å². The minimum Gasteiger partial charge on any atom is -0.330 e. The van der Waals surface area contributed by atoms with Crippen molar-refractivity contribution in [2.75, 3.05) is 6.54 Å². The molecule has 0 aliphatic rings. The molecule has 1 rings (SSSR count). The van der Waals surface area contributed by atoms with Crippen LogP contribution in [0.5, 0.6) is 0 Å². The number of carbonyl (C=O) groups excluding carboxylic acids is 1. The van der Waals surface area contributed by atoms with Gasteiger partial charge in [-0.05, 0) is 43.4 Å². The molecule has 0 fully saturated rings. The Morgan fingerprint density at radius 3 is 2.71 bits per heavy atom. The zero-order valence-electron chi connectivity index (χ0n) is 10.9. The second-order valence-electron chi connectivity index (χ2n) is 4.97. The monoisotopic (exact) mass is 233 g/mol. The summed E-state index contributed by atoms with van der Waals surface area (Å²) in [5, 5.41) is 0. The maximum absolute atomic E-state index is 11.9. The lowest BCUT2D eigenvalue weighted by Crippen LogP contribution is -2.04. The van der Waals surface area contributed by atoms with Crippen LogP contribution in [-0.2, 0) is 6.42 Å². The van der Waals surface area contributed by atoms with Crippen molar-refractivity contribution in [3.63, 3.8) is 0 Å². The number of hydrogen-bond acceptors (Lipinski definition) is 2. The third kappa shape index (κ3) is 5.14. The van der Waals surface area contributed by atoms with Crippen LogP contribution in [0.4, 0.5) is 0 Å². The zero-order valence-corrected chi connectivity index (χ0v) is 10.9. The topological polar surface area (TPSA) is 43.1 Å². The molecule has 0 amide bonds. The number of nitrogens with two attached hydrogens (primary N) is 1. The molecule has 0 bridgehead atoms. The fourth-order valence-electron chi connectivity index (χ4n) is 1.92. The molecule has 2 N–H and O–H groups in total. The molecule has 0 spiro atoms. The van der Waals surface area contributed by atoms with Crippen molar-refractivity contribution >= 4 is 5.78 Å². The molecule has 0 aliphatic heterocycles. The second kappa shape index (κ2) is 7.23. The van der Waals surface area contributed by atoms with Crippen molar-refractivity contribution in [1.29, 1.82) is 0 Å². The van der Waals surface area contributed by atoms with Gasteiger partial charge in [0.2, 0.25) is 0 Å². The van der Waals surface area contributed by atoms with E-state index in [1.165, 1.54) is 5.56 Å². The zero-order chi connectivity index (χ0) is 12.7. The van der Waals surface area contributed by atoms with Crippen LogP contribution in [0.3, 0.4) is 0 Å². The summed E-state index contributed by atoms with van der Waals surface area (Å²) in [6, 6.07) is 8.02. The minimum absolute atomic E-state index is 0.240. The van der Waals surface area contributed by atoms with Crippen LogP contribution < -0.4 is 5.73 Å². The third-order valence-corrected chi connectivity index (χ3v) is 2.75. The molecule has 0 radical (unpaired) electrons. The molecule has 2 heteroatoms. The maximum Gasteiger partial charge on any atom is 0.162 e. The van der Waals surface area contributed by atoms with Gasteiger partial charge in [0.15, 0.2) is 5.78 Å². The van der Waals surface area contributed by atoms with Gasteiger partial charge in [0.05, 0.1) is 0 Å². The van der Waals surface area contributed by atoms with E-state index in [-0.39, 0.29) is 5.78 Å². The van der Waals surface area contributed by atoms with Crippen molar-refractivity contribution in [3.05, 3.63) is 35.4 Å². The molecule has 0 heterocycles. The molecular weight excluding hydrogens is 210 g/mol. The minimum atomic E-state index is 0.240. The Kier molecular flexibility index (Phi) is 5.92. The predicted molar refractivity (Wildman–Crippen MR) is 72.2 cm³/mol. The Bertz CT molecular complexity index is 358. The summed E-state index contributed by atoms with van der Waals surface area (Å²) < 4.78 is 0. The maximum atomic E-state index is 11.9. The first kappa shape index (κ1) is 13.9. The average Bonchev–Trinajstić information content (AvgIpc) is 2.28. The van der Waals surface area contributed by atoms with E-state index in [4.69, 9.17) is 5.73 Å². The number of Topliss-reactive ketones (excluding diaryl/α,β-unsaturated/α-hetero) is 1. The third-order valence-electron chi connectivity index (χ3n) is 2.75. The Morgan fingerprint density at radius 1 is 1.29 bits per heavy atom. The molecule has 1 aromatic rings. The number of hydrogen-bond donors (Lipinski definition) is 1. The van der Waals surface area contributed by atoms with E-state index < -0.39 is 0 Å². The quantitative estimate of drug-likeness (QED) is 0.580. The molecule has 17 heavy (non-hydrogen) atoms. The van der Waals surface area contributed by atoms with Gasteiger partial charge in [-0.25, -0.2) is 0 Å². The fraction of sp³-hybridized carbons (Fsp3) is 0.533. The number of ketones is 1. The van der Waals surface area contributed by atoms with Crippen LogP contribution in [0.25, 0.3) is 0 Å². The van der Waals surface area contributed by atoms with Gasteiger partial charge in [-0.3, -0.25) is 4.79 Å². The predicted octanol–water partition coefficient (Wildman–Crippen LogP) is 3.20. The summed E-state index contributed by atoms with van der Waals surface area (Å²) in [7, 11) is 0. The van der Waals surface area contributed by atoms with E-state index in [0.29, 0.717) is 18.9 Å². The first-order chi connectivity index (χ1) is 8.13. The molecule has 0 unspecified atom stereocenters. The van der Waals surface area contributed by atoms with Crippen LogP contribution in [0.1, 0.15) is 49.0 Å². The standard InChI is InChI=1S/C15H23NO/c1-12(2)10-13-6-5-7-14(11-13)15(17)8-3-4-9-16/h5-7,11-12H,3-4,8-10,16H2,1-2H3. The number of carbonyl (C=O) groups is 1. The normalized spacial score (nSPS) is 10.8. The van der Waals surface area contributed by atoms with Gasteiger partial charge in [0.1, 0.15) is 0 Å². The van der Waals surface area contributed by atoms with Crippen molar-refractivity contribution in [2.24, 2.45) is 11.7 Å². The van der Waals surface area contributed by atoms with Crippen molar-refractivity contribution < 1.29 is 4.79 Å². The van der Waals surface area contributed by atoms with Crippen LogP contribution in [0.2, 0.25) is 0 Å². The fourth-order valence-corrected chi connectivity index (χ4v) is 1.92. The van der Waals surface area contributed by atoms with E-state index >= 15 is 0 Å². The summed E-state index contributed by atoms with van der Waals surface area (Å²) in [4.78, 5) is 11.9. The molecule has 0 atom stereocenters. The molecule has 0 aromatic heterocycles. The lowest BCUT2D eigenvalue weighted by molar-refractivity contribution is 0.0979. The Balaban J connectivity index is 2.60. The lowest BCUT2D eigenvalue weighted by atomic mass is 9.98. The van der Waals surface area contributed by atoms with Crippen molar-refractivity contribution in [2.45, 2.75) is 39.5 Å². The number of rotatable bonds is 7. The molecule has 0 aliphatic carbocycles. The summed E-state index contributed by atoms with van der Waals surface area (Å²) in [6.07, 6.45) is 3.47. The Labute approximate surface area is 104 Å². The lowest BCUT2D eigenvalue weighted by Gasteiger charge is -2.07. The first-order valence-electron chi connectivity index (χ1n) is 6.45. The molecule has 1 aromatic carbocycles. The summed E-state index contributed by atoms with van der Waals surface area (Å²) in [6.45, 7) is 5.05. The average molecular weight is 233 g/mol. The summed E-state index contributed by atoms with van der Waals surface area (Å²) in [5.74, 6) is 0.863. The van der Waals surface area contributed by atoms with Gasteiger partial charge >= 0.3 is 0 Å². The van der Waals surface area contributed by atoms with Gasteiger partial charge in [0.25, 0.3) is 0 Å². The van der Waals surface area contributed by atoms with E-state index in [1.807, 2.05) is 18.2 Å². The largest absolute Gasteiger partial charge is 0.330 e. The van der Waals surface area contributed by atoms with Gasteiger partial charge in [-0.1, -0.05) is 32.0 Å². The van der Waals surface area contributed by atoms with Crippen LogP contribution in [-0.4, -0.2) is 12.3 Å². The van der Waals surface area contributed by atoms with E-state index in [1.54, 1.807) is 0 Å². The van der Waals surface area contributed by atoms with E-state index in [0.717, 1.165) is 24.8 Å². The number of unbranched alkanes of at least 4 members (excludes halogenated alkanes) is 1. The highest BCUT2D eigenvalue weighted by Crippen LogP contribution is 2.13. The Morgan fingerprint density at radius 2 is 2.06 bits per heavy atom.